The maximum atomic E-state index is 14.2. The van der Waals surface area contributed by atoms with E-state index in [1.165, 1.54) is 30.5 Å². The van der Waals surface area contributed by atoms with E-state index >= 15 is 0 Å². The maximum absolute atomic E-state index is 14.2. The quantitative estimate of drug-likeness (QED) is 0.558. The molecule has 7 nitrogen and oxygen atoms in total. The Hall–Kier alpha value is -3.46. The molecule has 0 atom stereocenters. The van der Waals surface area contributed by atoms with Gasteiger partial charge in [0.1, 0.15) is 22.8 Å². The smallest absolute Gasteiger partial charge is 0.336 e. The van der Waals surface area contributed by atoms with Crippen LogP contribution in [0.1, 0.15) is 5.76 Å². The summed E-state index contributed by atoms with van der Waals surface area (Å²) in [5, 5.41) is 4.30. The molecule has 0 spiro atoms. The largest absolute Gasteiger partial charge is 0.467 e. The van der Waals surface area contributed by atoms with Crippen LogP contribution in [0.3, 0.4) is 0 Å². The number of aromatic nitrogens is 2. The molecule has 9 heteroatoms. The zero-order valence-corrected chi connectivity index (χ0v) is 15.2. The van der Waals surface area contributed by atoms with Gasteiger partial charge in [0, 0.05) is 0 Å². The van der Waals surface area contributed by atoms with E-state index in [-0.39, 0.29) is 23.5 Å². The number of thiophene rings is 1. The van der Waals surface area contributed by atoms with E-state index < -0.39 is 23.0 Å². The molecule has 0 fully saturated rings. The van der Waals surface area contributed by atoms with Crippen LogP contribution in [-0.2, 0) is 17.9 Å². The number of benzene rings is 1. The van der Waals surface area contributed by atoms with Crippen molar-refractivity contribution >= 4 is 27.5 Å². The Labute approximate surface area is 161 Å². The Balaban J connectivity index is 1.77. The number of rotatable bonds is 5. The molecular weight excluding hydrogens is 385 g/mol. The van der Waals surface area contributed by atoms with Gasteiger partial charge in [0.25, 0.3) is 5.56 Å². The number of para-hydroxylation sites is 1. The molecule has 0 aliphatic rings. The van der Waals surface area contributed by atoms with Crippen LogP contribution in [0.15, 0.2) is 68.1 Å². The van der Waals surface area contributed by atoms with Gasteiger partial charge < -0.3 is 9.73 Å². The van der Waals surface area contributed by atoms with Gasteiger partial charge in [0.15, 0.2) is 0 Å². The summed E-state index contributed by atoms with van der Waals surface area (Å²) in [5.74, 6) is -0.575. The summed E-state index contributed by atoms with van der Waals surface area (Å²) in [6, 6.07) is 10.5. The second-order valence-corrected chi connectivity index (χ2v) is 6.87. The summed E-state index contributed by atoms with van der Waals surface area (Å²) in [6.45, 7) is -0.151. The lowest BCUT2D eigenvalue weighted by Crippen LogP contribution is -2.41. The first-order valence-corrected chi connectivity index (χ1v) is 9.21. The van der Waals surface area contributed by atoms with Crippen molar-refractivity contribution in [2.45, 2.75) is 13.1 Å². The van der Waals surface area contributed by atoms with Gasteiger partial charge in [0.05, 0.1) is 24.0 Å². The molecule has 1 amide bonds. The molecule has 1 aromatic carbocycles. The number of nitrogens with zero attached hydrogens (tertiary/aromatic N) is 2. The van der Waals surface area contributed by atoms with E-state index in [0.29, 0.717) is 11.3 Å². The van der Waals surface area contributed by atoms with Crippen molar-refractivity contribution in [1.82, 2.24) is 14.5 Å². The minimum atomic E-state index is -0.783. The molecule has 3 heterocycles. The van der Waals surface area contributed by atoms with E-state index in [4.69, 9.17) is 4.42 Å². The fourth-order valence-corrected chi connectivity index (χ4v) is 3.71. The number of halogens is 1. The molecule has 4 aromatic rings. The average Bonchev–Trinajstić information content (AvgIpc) is 3.37. The molecule has 142 valence electrons. The second kappa shape index (κ2) is 7.28. The van der Waals surface area contributed by atoms with Gasteiger partial charge in [-0.3, -0.25) is 14.2 Å². The number of carbonyl (C=O) groups excluding carboxylic acids is 1. The van der Waals surface area contributed by atoms with Crippen molar-refractivity contribution < 1.29 is 13.6 Å². The van der Waals surface area contributed by atoms with Crippen LogP contribution >= 0.6 is 11.3 Å². The van der Waals surface area contributed by atoms with E-state index in [0.717, 1.165) is 20.5 Å². The molecule has 3 aromatic heterocycles. The minimum Gasteiger partial charge on any atom is -0.467 e. The molecule has 1 N–H and O–H groups in total. The first kappa shape index (κ1) is 17.9. The predicted molar refractivity (Wildman–Crippen MR) is 102 cm³/mol. The van der Waals surface area contributed by atoms with Crippen molar-refractivity contribution in [3.8, 4) is 5.69 Å². The zero-order chi connectivity index (χ0) is 19.7. The molecule has 0 radical (unpaired) electrons. The average molecular weight is 399 g/mol. The third-order valence-corrected chi connectivity index (χ3v) is 5.08. The van der Waals surface area contributed by atoms with Crippen molar-refractivity contribution in [1.29, 1.82) is 0 Å². The third kappa shape index (κ3) is 3.16. The fourth-order valence-electron chi connectivity index (χ4n) is 2.88. The van der Waals surface area contributed by atoms with Gasteiger partial charge in [-0.25, -0.2) is 13.8 Å². The highest BCUT2D eigenvalue weighted by atomic mass is 32.1. The SMILES string of the molecule is O=C(Cn1c(=O)n(-c2ccccc2F)c(=O)c2sccc21)NCc1ccco1. The van der Waals surface area contributed by atoms with Crippen LogP contribution in [0.25, 0.3) is 15.9 Å². The van der Waals surface area contributed by atoms with E-state index in [1.807, 2.05) is 0 Å². The number of carbonyl (C=O) groups is 1. The highest BCUT2D eigenvalue weighted by molar-refractivity contribution is 7.17. The summed E-state index contributed by atoms with van der Waals surface area (Å²) in [7, 11) is 0. The fraction of sp³-hybridized carbons (Fsp3) is 0.105. The summed E-state index contributed by atoms with van der Waals surface area (Å²) < 4.78 is 21.6. The highest BCUT2D eigenvalue weighted by Gasteiger charge is 2.19. The number of fused-ring (bicyclic) bond motifs is 1. The van der Waals surface area contributed by atoms with Gasteiger partial charge in [-0.15, -0.1) is 11.3 Å². The molecule has 28 heavy (non-hydrogen) atoms. The molecule has 0 aliphatic carbocycles. The van der Waals surface area contributed by atoms with Crippen LogP contribution < -0.4 is 16.6 Å². The first-order valence-electron chi connectivity index (χ1n) is 8.33. The second-order valence-electron chi connectivity index (χ2n) is 5.95. The first-order chi connectivity index (χ1) is 13.6. The summed E-state index contributed by atoms with van der Waals surface area (Å²) in [5.41, 5.74) is -1.22. The lowest BCUT2D eigenvalue weighted by atomic mass is 10.3. The Bertz CT molecular complexity index is 1270. The number of furan rings is 1. The van der Waals surface area contributed by atoms with Crippen molar-refractivity contribution in [3.05, 3.63) is 86.5 Å². The summed E-state index contributed by atoms with van der Waals surface area (Å²) >= 11 is 1.13. The van der Waals surface area contributed by atoms with Gasteiger partial charge in [-0.2, -0.15) is 0 Å². The molecule has 0 unspecified atom stereocenters. The molecule has 0 saturated carbocycles. The van der Waals surface area contributed by atoms with Crippen LogP contribution in [-0.4, -0.2) is 15.0 Å². The van der Waals surface area contributed by atoms with Gasteiger partial charge >= 0.3 is 5.69 Å². The normalized spacial score (nSPS) is 11.0. The molecular formula is C19H14FN3O4S. The van der Waals surface area contributed by atoms with E-state index in [1.54, 1.807) is 23.6 Å². The van der Waals surface area contributed by atoms with Crippen LogP contribution in [0.5, 0.6) is 0 Å². The van der Waals surface area contributed by atoms with Crippen LogP contribution in [0.4, 0.5) is 4.39 Å². The van der Waals surface area contributed by atoms with Crippen LogP contribution in [0, 0.1) is 5.82 Å². The Kier molecular flexibility index (Phi) is 4.66. The van der Waals surface area contributed by atoms with Crippen molar-refractivity contribution in [2.75, 3.05) is 0 Å². The molecule has 0 saturated heterocycles. The lowest BCUT2D eigenvalue weighted by molar-refractivity contribution is -0.121. The summed E-state index contributed by atoms with van der Waals surface area (Å²) in [4.78, 5) is 38.1. The zero-order valence-electron chi connectivity index (χ0n) is 14.4. The van der Waals surface area contributed by atoms with Gasteiger partial charge in [0.2, 0.25) is 5.91 Å². The topological polar surface area (TPSA) is 86.2 Å². The standard InChI is InChI=1S/C19H14FN3O4S/c20-13-5-1-2-6-14(13)23-18(25)17-15(7-9-28-17)22(19(23)26)11-16(24)21-10-12-4-3-8-27-12/h1-9H,10-11H2,(H,21,24). The molecule has 0 aliphatic heterocycles. The Morgan fingerprint density at radius 2 is 1.96 bits per heavy atom. The van der Waals surface area contributed by atoms with E-state index in [9.17, 15) is 18.8 Å². The number of amides is 1. The van der Waals surface area contributed by atoms with Crippen LogP contribution in [0.2, 0.25) is 0 Å². The van der Waals surface area contributed by atoms with E-state index in [2.05, 4.69) is 5.32 Å². The van der Waals surface area contributed by atoms with Gasteiger partial charge in [-0.1, -0.05) is 12.1 Å². The van der Waals surface area contributed by atoms with Crippen molar-refractivity contribution in [3.63, 3.8) is 0 Å². The summed E-state index contributed by atoms with van der Waals surface area (Å²) in [6.07, 6.45) is 1.49. The minimum absolute atomic E-state index is 0.155. The third-order valence-electron chi connectivity index (χ3n) is 4.19. The molecule has 0 bridgehead atoms. The number of hydrogen-bond acceptors (Lipinski definition) is 5. The van der Waals surface area contributed by atoms with Gasteiger partial charge in [-0.05, 0) is 35.7 Å². The Morgan fingerprint density at radius 3 is 2.71 bits per heavy atom. The maximum Gasteiger partial charge on any atom is 0.336 e. The number of hydrogen-bond donors (Lipinski definition) is 1. The lowest BCUT2D eigenvalue weighted by Gasteiger charge is -2.12. The predicted octanol–water partition coefficient (Wildman–Crippen LogP) is 2.26. The monoisotopic (exact) mass is 399 g/mol. The molecule has 4 rings (SSSR count). The Morgan fingerprint density at radius 1 is 1.14 bits per heavy atom. The van der Waals surface area contributed by atoms with Crippen molar-refractivity contribution in [2.24, 2.45) is 0 Å². The number of nitrogens with one attached hydrogen (secondary N) is 1. The highest BCUT2D eigenvalue weighted by Crippen LogP contribution is 2.17.